The molecule has 1 aromatic heterocycles. The molecule has 96 valence electrons. The van der Waals surface area contributed by atoms with Crippen molar-refractivity contribution < 1.29 is 9.90 Å². The minimum Gasteiger partial charge on any atom is -0.479 e. The zero-order valence-electron chi connectivity index (χ0n) is 11.1. The summed E-state index contributed by atoms with van der Waals surface area (Å²) in [7, 11) is 0. The van der Waals surface area contributed by atoms with E-state index in [-0.39, 0.29) is 5.41 Å². The summed E-state index contributed by atoms with van der Waals surface area (Å²) in [4.78, 5) is 11.5. The van der Waals surface area contributed by atoms with Gasteiger partial charge in [0.1, 0.15) is 0 Å². The zero-order valence-corrected chi connectivity index (χ0v) is 11.1. The molecule has 6 heteroatoms. The van der Waals surface area contributed by atoms with Crippen LogP contribution in [0.5, 0.6) is 0 Å². The van der Waals surface area contributed by atoms with Gasteiger partial charge in [-0.25, -0.2) is 9.48 Å². The molecule has 0 aliphatic carbocycles. The molecular formula is C11H20N4O2. The minimum absolute atomic E-state index is 0.283. The fourth-order valence-corrected chi connectivity index (χ4v) is 1.89. The van der Waals surface area contributed by atoms with Gasteiger partial charge in [0.2, 0.25) is 0 Å². The largest absolute Gasteiger partial charge is 0.479 e. The van der Waals surface area contributed by atoms with Gasteiger partial charge < -0.3 is 5.11 Å². The molecule has 0 aromatic carbocycles. The third kappa shape index (κ3) is 2.16. The number of hydrogen-bond acceptors (Lipinski definition) is 4. The van der Waals surface area contributed by atoms with Gasteiger partial charge in [-0.05, 0) is 23.3 Å². The predicted molar refractivity (Wildman–Crippen MR) is 62.7 cm³/mol. The molecule has 0 aliphatic heterocycles. The third-order valence-corrected chi connectivity index (χ3v) is 3.11. The average Bonchev–Trinajstić information content (AvgIpc) is 2.69. The monoisotopic (exact) mass is 240 g/mol. The highest BCUT2D eigenvalue weighted by atomic mass is 16.4. The molecule has 0 saturated carbocycles. The molecular weight excluding hydrogens is 220 g/mol. The van der Waals surface area contributed by atoms with Crippen molar-refractivity contribution in [1.29, 1.82) is 0 Å². The van der Waals surface area contributed by atoms with Crippen LogP contribution in [-0.4, -0.2) is 31.3 Å². The number of carboxylic acid groups (broad SMARTS) is 1. The summed E-state index contributed by atoms with van der Waals surface area (Å²) in [6, 6.07) is 0. The van der Waals surface area contributed by atoms with E-state index >= 15 is 0 Å². The van der Waals surface area contributed by atoms with Crippen molar-refractivity contribution in [1.82, 2.24) is 20.2 Å². The molecule has 1 N–H and O–H groups in total. The molecule has 0 aliphatic rings. The highest BCUT2D eigenvalue weighted by molar-refractivity contribution is 5.76. The SMILES string of the molecule is CCC(CC)(C(=O)O)n1nnnc1C(C)(C)C. The van der Waals surface area contributed by atoms with Crippen LogP contribution in [0.3, 0.4) is 0 Å². The number of rotatable bonds is 4. The number of tetrazole rings is 1. The van der Waals surface area contributed by atoms with Crippen LogP contribution in [0.1, 0.15) is 53.3 Å². The Morgan fingerprint density at radius 3 is 2.18 bits per heavy atom. The minimum atomic E-state index is -1.05. The summed E-state index contributed by atoms with van der Waals surface area (Å²) in [5.41, 5.74) is -1.33. The smallest absolute Gasteiger partial charge is 0.331 e. The number of carbonyl (C=O) groups is 1. The summed E-state index contributed by atoms with van der Waals surface area (Å²) in [6.45, 7) is 9.57. The van der Waals surface area contributed by atoms with Gasteiger partial charge in [0, 0.05) is 5.41 Å². The summed E-state index contributed by atoms with van der Waals surface area (Å²) in [5.74, 6) is -0.288. The number of aromatic nitrogens is 4. The maximum Gasteiger partial charge on any atom is 0.331 e. The van der Waals surface area contributed by atoms with E-state index in [2.05, 4.69) is 15.5 Å². The lowest BCUT2D eigenvalue weighted by Gasteiger charge is -2.30. The van der Waals surface area contributed by atoms with Crippen LogP contribution >= 0.6 is 0 Å². The molecule has 1 aromatic rings. The van der Waals surface area contributed by atoms with Gasteiger partial charge in [0.05, 0.1) is 0 Å². The molecule has 17 heavy (non-hydrogen) atoms. The van der Waals surface area contributed by atoms with E-state index in [0.717, 1.165) is 0 Å². The first-order valence-electron chi connectivity index (χ1n) is 5.82. The van der Waals surface area contributed by atoms with Crippen LogP contribution in [-0.2, 0) is 15.7 Å². The van der Waals surface area contributed by atoms with E-state index in [1.807, 2.05) is 34.6 Å². The summed E-state index contributed by atoms with van der Waals surface area (Å²) >= 11 is 0. The van der Waals surface area contributed by atoms with E-state index in [9.17, 15) is 9.90 Å². The Labute approximate surface area is 101 Å². The maximum absolute atomic E-state index is 11.5. The quantitative estimate of drug-likeness (QED) is 0.864. The Kier molecular flexibility index (Phi) is 3.54. The van der Waals surface area contributed by atoms with Crippen LogP contribution in [0.2, 0.25) is 0 Å². The van der Waals surface area contributed by atoms with E-state index in [1.165, 1.54) is 4.68 Å². The number of hydrogen-bond donors (Lipinski definition) is 1. The lowest BCUT2D eigenvalue weighted by atomic mass is 9.89. The van der Waals surface area contributed by atoms with Gasteiger partial charge in [-0.1, -0.05) is 34.6 Å². The molecule has 1 heterocycles. The molecule has 1 rings (SSSR count). The van der Waals surface area contributed by atoms with Crippen molar-refractivity contribution in [3.05, 3.63) is 5.82 Å². The van der Waals surface area contributed by atoms with Crippen LogP contribution in [0.25, 0.3) is 0 Å². The molecule has 0 spiro atoms. The second kappa shape index (κ2) is 4.43. The van der Waals surface area contributed by atoms with Crippen LogP contribution in [0.15, 0.2) is 0 Å². The molecule has 0 bridgehead atoms. The van der Waals surface area contributed by atoms with Crippen molar-refractivity contribution in [2.24, 2.45) is 0 Å². The van der Waals surface area contributed by atoms with Crippen molar-refractivity contribution in [3.8, 4) is 0 Å². The highest BCUT2D eigenvalue weighted by Gasteiger charge is 2.42. The molecule has 0 amide bonds. The van der Waals surface area contributed by atoms with E-state index in [4.69, 9.17) is 0 Å². The fraction of sp³-hybridized carbons (Fsp3) is 0.818. The number of carboxylic acids is 1. The van der Waals surface area contributed by atoms with Gasteiger partial charge in [0.25, 0.3) is 0 Å². The second-order valence-electron chi connectivity index (χ2n) is 5.21. The number of nitrogens with zero attached hydrogens (tertiary/aromatic N) is 4. The van der Waals surface area contributed by atoms with E-state index in [1.54, 1.807) is 0 Å². The van der Waals surface area contributed by atoms with Crippen LogP contribution in [0.4, 0.5) is 0 Å². The van der Waals surface area contributed by atoms with Crippen LogP contribution < -0.4 is 0 Å². The van der Waals surface area contributed by atoms with Crippen molar-refractivity contribution in [2.45, 2.75) is 58.4 Å². The van der Waals surface area contributed by atoms with Crippen LogP contribution in [0, 0.1) is 0 Å². The summed E-state index contributed by atoms with van der Waals surface area (Å²) in [5, 5.41) is 21.0. The molecule has 0 fully saturated rings. The Morgan fingerprint density at radius 1 is 1.29 bits per heavy atom. The molecule has 0 atom stereocenters. The second-order valence-corrected chi connectivity index (χ2v) is 5.21. The van der Waals surface area contributed by atoms with Crippen molar-refractivity contribution in [2.75, 3.05) is 0 Å². The zero-order chi connectivity index (χ0) is 13.3. The van der Waals surface area contributed by atoms with Gasteiger partial charge in [-0.15, -0.1) is 5.10 Å². The lowest BCUT2D eigenvalue weighted by Crippen LogP contribution is -2.44. The van der Waals surface area contributed by atoms with Gasteiger partial charge in [0.15, 0.2) is 11.4 Å². The Balaban J connectivity index is 3.40. The Bertz CT molecular complexity index is 402. The first-order valence-corrected chi connectivity index (χ1v) is 5.82. The van der Waals surface area contributed by atoms with Gasteiger partial charge >= 0.3 is 5.97 Å². The Morgan fingerprint density at radius 2 is 1.82 bits per heavy atom. The van der Waals surface area contributed by atoms with Crippen molar-refractivity contribution in [3.63, 3.8) is 0 Å². The number of aliphatic carboxylic acids is 1. The maximum atomic E-state index is 11.5. The standard InChI is InChI=1S/C11H20N4O2/c1-6-11(7-2,9(16)17)15-8(10(3,4)5)12-13-14-15/h6-7H2,1-5H3,(H,16,17). The molecule has 6 nitrogen and oxygen atoms in total. The summed E-state index contributed by atoms with van der Waals surface area (Å²) in [6.07, 6.45) is 0.903. The normalized spacial score (nSPS) is 12.8. The topological polar surface area (TPSA) is 80.9 Å². The van der Waals surface area contributed by atoms with E-state index < -0.39 is 11.5 Å². The molecule has 0 saturated heterocycles. The third-order valence-electron chi connectivity index (χ3n) is 3.11. The first kappa shape index (κ1) is 13.6. The lowest BCUT2D eigenvalue weighted by molar-refractivity contribution is -0.149. The average molecular weight is 240 g/mol. The molecule has 0 radical (unpaired) electrons. The highest BCUT2D eigenvalue weighted by Crippen LogP contribution is 2.30. The van der Waals surface area contributed by atoms with Gasteiger partial charge in [-0.2, -0.15) is 0 Å². The van der Waals surface area contributed by atoms with E-state index in [0.29, 0.717) is 18.7 Å². The summed E-state index contributed by atoms with van der Waals surface area (Å²) < 4.78 is 1.47. The molecule has 0 unspecified atom stereocenters. The first-order chi connectivity index (χ1) is 7.79. The predicted octanol–water partition coefficient (Wildman–Crippen LogP) is 1.57. The van der Waals surface area contributed by atoms with Gasteiger partial charge in [-0.3, -0.25) is 0 Å². The fourth-order valence-electron chi connectivity index (χ4n) is 1.89. The van der Waals surface area contributed by atoms with Crippen molar-refractivity contribution >= 4 is 5.97 Å². The Hall–Kier alpha value is -1.46.